The van der Waals surface area contributed by atoms with Gasteiger partial charge in [-0.3, -0.25) is 10.1 Å². The van der Waals surface area contributed by atoms with Crippen LogP contribution in [0, 0.1) is 6.92 Å². The van der Waals surface area contributed by atoms with E-state index in [1.54, 1.807) is 23.0 Å². The zero-order valence-corrected chi connectivity index (χ0v) is 18.3. The number of nitrogens with zero attached hydrogens (tertiary/aromatic N) is 5. The van der Waals surface area contributed by atoms with Crippen molar-refractivity contribution < 1.29 is 9.53 Å². The van der Waals surface area contributed by atoms with Crippen molar-refractivity contribution in [2.75, 3.05) is 36.5 Å². The second-order valence-electron chi connectivity index (χ2n) is 7.12. The number of imidazole rings is 1. The van der Waals surface area contributed by atoms with E-state index >= 15 is 0 Å². The lowest BCUT2D eigenvalue weighted by Gasteiger charge is -2.27. The molecule has 0 unspecified atom stereocenters. The van der Waals surface area contributed by atoms with Gasteiger partial charge in [0.05, 0.1) is 35.7 Å². The van der Waals surface area contributed by atoms with Gasteiger partial charge >= 0.3 is 0 Å². The molecule has 1 aliphatic heterocycles. The van der Waals surface area contributed by atoms with Crippen molar-refractivity contribution in [2.24, 2.45) is 0 Å². The van der Waals surface area contributed by atoms with Crippen molar-refractivity contribution in [3.05, 3.63) is 58.2 Å². The summed E-state index contributed by atoms with van der Waals surface area (Å²) in [7, 11) is 0. The van der Waals surface area contributed by atoms with Gasteiger partial charge in [-0.1, -0.05) is 29.8 Å². The Kier molecular flexibility index (Phi) is 5.31. The quantitative estimate of drug-likeness (QED) is 0.503. The summed E-state index contributed by atoms with van der Waals surface area (Å²) in [5.74, 6) is 0.409. The van der Waals surface area contributed by atoms with E-state index < -0.39 is 0 Å². The smallest absolute Gasteiger partial charge is 0.261 e. The third-order valence-electron chi connectivity index (χ3n) is 4.98. The molecule has 0 spiro atoms. The Morgan fingerprint density at radius 2 is 2.06 bits per heavy atom. The summed E-state index contributed by atoms with van der Waals surface area (Å²) in [6, 6.07) is 9.25. The monoisotopic (exact) mass is 454 g/mol. The van der Waals surface area contributed by atoms with Crippen molar-refractivity contribution >= 4 is 45.4 Å². The van der Waals surface area contributed by atoms with Gasteiger partial charge in [0, 0.05) is 29.7 Å². The number of aromatic nitrogens is 4. The van der Waals surface area contributed by atoms with Crippen LogP contribution < -0.4 is 10.2 Å². The number of thiazole rings is 1. The van der Waals surface area contributed by atoms with Gasteiger partial charge < -0.3 is 9.64 Å². The van der Waals surface area contributed by atoms with Crippen LogP contribution in [0.15, 0.2) is 42.7 Å². The van der Waals surface area contributed by atoms with Crippen molar-refractivity contribution in [3.63, 3.8) is 0 Å². The summed E-state index contributed by atoms with van der Waals surface area (Å²) in [5, 5.41) is 8.73. The molecule has 8 nitrogen and oxygen atoms in total. The predicted octanol–water partition coefficient (Wildman–Crippen LogP) is 3.90. The van der Waals surface area contributed by atoms with E-state index in [-0.39, 0.29) is 5.91 Å². The molecule has 1 fully saturated rings. The number of benzene rings is 1. The van der Waals surface area contributed by atoms with E-state index in [0.29, 0.717) is 59.2 Å². The summed E-state index contributed by atoms with van der Waals surface area (Å²) < 4.78 is 7.10. The summed E-state index contributed by atoms with van der Waals surface area (Å²) in [5.41, 5.74) is 2.31. The third kappa shape index (κ3) is 3.99. The van der Waals surface area contributed by atoms with Gasteiger partial charge in [-0.2, -0.15) is 0 Å². The lowest BCUT2D eigenvalue weighted by Crippen LogP contribution is -2.37. The van der Waals surface area contributed by atoms with Gasteiger partial charge in [0.2, 0.25) is 0 Å². The maximum Gasteiger partial charge on any atom is 0.261 e. The minimum Gasteiger partial charge on any atom is -0.378 e. The highest BCUT2D eigenvalue weighted by Crippen LogP contribution is 2.29. The van der Waals surface area contributed by atoms with E-state index in [1.807, 2.05) is 31.2 Å². The summed E-state index contributed by atoms with van der Waals surface area (Å²) in [6.45, 7) is 4.59. The number of anilines is 2. The number of halogens is 1. The largest absolute Gasteiger partial charge is 0.378 e. The van der Waals surface area contributed by atoms with Gasteiger partial charge in [-0.25, -0.2) is 14.5 Å². The fourth-order valence-electron chi connectivity index (χ4n) is 3.45. The number of carbonyl (C=O) groups is 1. The molecule has 1 N–H and O–H groups in total. The van der Waals surface area contributed by atoms with E-state index in [0.717, 1.165) is 10.4 Å². The molecule has 3 aromatic heterocycles. The first-order valence-electron chi connectivity index (χ1n) is 9.80. The Bertz CT molecular complexity index is 1260. The lowest BCUT2D eigenvalue weighted by molar-refractivity contribution is 0.102. The fraction of sp³-hybridized carbons (Fsp3) is 0.238. The summed E-state index contributed by atoms with van der Waals surface area (Å²) >= 11 is 7.80. The van der Waals surface area contributed by atoms with Crippen LogP contribution in [0.1, 0.15) is 15.2 Å². The van der Waals surface area contributed by atoms with Gasteiger partial charge in [-0.15, -0.1) is 16.4 Å². The van der Waals surface area contributed by atoms with Crippen LogP contribution in [0.25, 0.3) is 16.9 Å². The molecule has 4 heterocycles. The first-order valence-corrected chi connectivity index (χ1v) is 11.0. The van der Waals surface area contributed by atoms with Crippen molar-refractivity contribution in [1.29, 1.82) is 0 Å². The van der Waals surface area contributed by atoms with Crippen LogP contribution in [0.3, 0.4) is 0 Å². The van der Waals surface area contributed by atoms with Crippen LogP contribution in [0.5, 0.6) is 0 Å². The Hall–Kier alpha value is -3.01. The Morgan fingerprint density at radius 3 is 2.81 bits per heavy atom. The molecule has 0 saturated carbocycles. The van der Waals surface area contributed by atoms with E-state index in [9.17, 15) is 4.79 Å². The van der Waals surface area contributed by atoms with Crippen molar-refractivity contribution in [3.8, 4) is 11.3 Å². The van der Waals surface area contributed by atoms with Gasteiger partial charge in [-0.05, 0) is 19.1 Å². The number of rotatable bonds is 4. The van der Waals surface area contributed by atoms with Crippen molar-refractivity contribution in [1.82, 2.24) is 19.6 Å². The number of hydrogen-bond donors (Lipinski definition) is 1. The van der Waals surface area contributed by atoms with Gasteiger partial charge in [0.15, 0.2) is 16.6 Å². The van der Waals surface area contributed by atoms with E-state index in [4.69, 9.17) is 26.4 Å². The minimum atomic E-state index is -0.285. The van der Waals surface area contributed by atoms with E-state index in [1.165, 1.54) is 11.3 Å². The molecule has 0 atom stereocenters. The number of fused-ring (bicyclic) bond motifs is 1. The van der Waals surface area contributed by atoms with Crippen LogP contribution in [0.2, 0.25) is 5.02 Å². The highest BCUT2D eigenvalue weighted by atomic mass is 35.5. The van der Waals surface area contributed by atoms with Gasteiger partial charge in [0.1, 0.15) is 0 Å². The maximum absolute atomic E-state index is 13.2. The average Bonchev–Trinajstić information content (AvgIpc) is 3.39. The van der Waals surface area contributed by atoms with Crippen LogP contribution >= 0.6 is 22.9 Å². The molecular weight excluding hydrogens is 436 g/mol. The topological polar surface area (TPSA) is 84.7 Å². The van der Waals surface area contributed by atoms with Crippen LogP contribution in [0.4, 0.5) is 10.9 Å². The number of ether oxygens (including phenoxy) is 1. The highest BCUT2D eigenvalue weighted by molar-refractivity contribution is 7.15. The highest BCUT2D eigenvalue weighted by Gasteiger charge is 2.22. The molecule has 158 valence electrons. The molecule has 31 heavy (non-hydrogen) atoms. The predicted molar refractivity (Wildman–Crippen MR) is 121 cm³/mol. The normalized spacial score (nSPS) is 14.2. The molecule has 1 aromatic carbocycles. The number of aryl methyl sites for hydroxylation is 1. The molecule has 0 bridgehead atoms. The third-order valence-corrected chi connectivity index (χ3v) is 6.14. The number of carbonyl (C=O) groups excluding carboxylic acids is 1. The molecule has 1 aliphatic rings. The number of nitrogens with one attached hydrogen (secondary N) is 1. The first-order chi connectivity index (χ1) is 15.1. The fourth-order valence-corrected chi connectivity index (χ4v) is 4.35. The second kappa shape index (κ2) is 8.26. The number of amides is 1. The molecule has 10 heteroatoms. The molecule has 4 aromatic rings. The molecular formula is C21H19ClN6O2S. The Balaban J connectivity index is 1.61. The number of morpholine rings is 1. The Morgan fingerprint density at radius 1 is 1.26 bits per heavy atom. The molecule has 5 rings (SSSR count). The van der Waals surface area contributed by atoms with Crippen LogP contribution in [-0.4, -0.2) is 51.8 Å². The maximum atomic E-state index is 13.2. The summed E-state index contributed by atoms with van der Waals surface area (Å²) in [4.78, 5) is 25.2. The first kappa shape index (κ1) is 19.9. The molecule has 0 radical (unpaired) electrons. The standard InChI is InChI=1S/C21H19ClN6O2S/c1-13-11-23-21(31-13)25-20(29)15-10-18(27-6-8-30-9-7-27)26-28-12-17(24-19(15)28)14-4-2-3-5-16(14)22/h2-5,10-12H,6-9H2,1H3,(H,23,25,29). The summed E-state index contributed by atoms with van der Waals surface area (Å²) in [6.07, 6.45) is 3.53. The SMILES string of the molecule is Cc1cnc(NC(=O)c2cc(N3CCOCC3)nn3cc(-c4ccccc4Cl)nc23)s1. The molecule has 1 amide bonds. The average molecular weight is 455 g/mol. The minimum absolute atomic E-state index is 0.285. The molecule has 0 aliphatic carbocycles. The zero-order chi connectivity index (χ0) is 21.4. The van der Waals surface area contributed by atoms with E-state index in [2.05, 4.69) is 15.2 Å². The second-order valence-corrected chi connectivity index (χ2v) is 8.76. The molecule has 1 saturated heterocycles. The number of hydrogen-bond acceptors (Lipinski definition) is 7. The lowest BCUT2D eigenvalue weighted by atomic mass is 10.2. The van der Waals surface area contributed by atoms with Gasteiger partial charge in [0.25, 0.3) is 5.91 Å². The Labute approximate surface area is 187 Å². The zero-order valence-electron chi connectivity index (χ0n) is 16.7. The van der Waals surface area contributed by atoms with Crippen molar-refractivity contribution in [2.45, 2.75) is 6.92 Å². The van der Waals surface area contributed by atoms with Crippen LogP contribution in [-0.2, 0) is 4.74 Å².